The molecule has 0 bridgehead atoms. The lowest BCUT2D eigenvalue weighted by atomic mass is 9.92. The molecule has 0 atom stereocenters. The van der Waals surface area contributed by atoms with Crippen molar-refractivity contribution in [3.63, 3.8) is 0 Å². The Morgan fingerprint density at radius 3 is 2.03 bits per heavy atom. The lowest BCUT2D eigenvalue weighted by Crippen LogP contribution is -2.14. The molecular formula is C28H21NO. The SMILES string of the molecule is O=C(CNc1ccc2ccccc2c1-c1cccc2ccccc12)c1ccccc1. The van der Waals surface area contributed by atoms with Gasteiger partial charge in [-0.3, -0.25) is 4.79 Å². The molecule has 0 unspecified atom stereocenters. The Balaban J connectivity index is 1.63. The van der Waals surface area contributed by atoms with E-state index in [2.05, 4.69) is 84.2 Å². The maximum atomic E-state index is 12.7. The average Bonchev–Trinajstić information content (AvgIpc) is 2.82. The Bertz CT molecular complexity index is 1350. The summed E-state index contributed by atoms with van der Waals surface area (Å²) in [5.41, 5.74) is 3.98. The second-order valence-corrected chi connectivity index (χ2v) is 7.38. The first kappa shape index (κ1) is 18.1. The maximum Gasteiger partial charge on any atom is 0.181 e. The third-order valence-corrected chi connectivity index (χ3v) is 5.52. The minimum atomic E-state index is 0.0765. The van der Waals surface area contributed by atoms with Crippen molar-refractivity contribution in [1.29, 1.82) is 0 Å². The Hall–Kier alpha value is -3.91. The fraction of sp³-hybridized carbons (Fsp3) is 0.0357. The van der Waals surface area contributed by atoms with Gasteiger partial charge < -0.3 is 5.32 Å². The first-order valence-electron chi connectivity index (χ1n) is 10.1. The molecule has 5 rings (SSSR count). The first-order chi connectivity index (χ1) is 14.8. The molecule has 30 heavy (non-hydrogen) atoms. The van der Waals surface area contributed by atoms with Gasteiger partial charge in [0, 0.05) is 16.8 Å². The number of Topliss-reactive ketones (excluding diaryl/α,β-unsaturated/α-hetero) is 1. The van der Waals surface area contributed by atoms with Crippen LogP contribution in [0, 0.1) is 0 Å². The second-order valence-electron chi connectivity index (χ2n) is 7.38. The Morgan fingerprint density at radius 1 is 0.600 bits per heavy atom. The molecule has 0 amide bonds. The molecule has 1 N–H and O–H groups in total. The molecule has 0 aliphatic heterocycles. The molecule has 0 spiro atoms. The molecule has 0 aromatic heterocycles. The quantitative estimate of drug-likeness (QED) is 0.330. The fourth-order valence-electron chi connectivity index (χ4n) is 4.05. The van der Waals surface area contributed by atoms with Crippen molar-refractivity contribution in [3.05, 3.63) is 115 Å². The highest BCUT2D eigenvalue weighted by Gasteiger charge is 2.14. The van der Waals surface area contributed by atoms with Crippen molar-refractivity contribution in [2.24, 2.45) is 0 Å². The summed E-state index contributed by atoms with van der Waals surface area (Å²) in [6.45, 7) is 0.250. The molecule has 0 fully saturated rings. The van der Waals surface area contributed by atoms with E-state index in [1.807, 2.05) is 30.3 Å². The Morgan fingerprint density at radius 2 is 1.23 bits per heavy atom. The molecule has 2 nitrogen and oxygen atoms in total. The van der Waals surface area contributed by atoms with Crippen molar-refractivity contribution in [2.75, 3.05) is 11.9 Å². The van der Waals surface area contributed by atoms with E-state index in [1.54, 1.807) is 0 Å². The van der Waals surface area contributed by atoms with Crippen LogP contribution < -0.4 is 5.32 Å². The van der Waals surface area contributed by atoms with E-state index < -0.39 is 0 Å². The number of fused-ring (bicyclic) bond motifs is 2. The van der Waals surface area contributed by atoms with Gasteiger partial charge in [-0.1, -0.05) is 103 Å². The molecule has 0 aliphatic carbocycles. The number of carbonyl (C=O) groups is 1. The lowest BCUT2D eigenvalue weighted by molar-refractivity contribution is 0.101. The highest BCUT2D eigenvalue weighted by atomic mass is 16.1. The minimum absolute atomic E-state index is 0.0765. The van der Waals surface area contributed by atoms with E-state index >= 15 is 0 Å². The number of hydrogen-bond donors (Lipinski definition) is 1. The van der Waals surface area contributed by atoms with Crippen molar-refractivity contribution in [3.8, 4) is 11.1 Å². The van der Waals surface area contributed by atoms with Gasteiger partial charge in [0.1, 0.15) is 0 Å². The van der Waals surface area contributed by atoms with Gasteiger partial charge in [-0.15, -0.1) is 0 Å². The smallest absolute Gasteiger partial charge is 0.181 e. The topological polar surface area (TPSA) is 29.1 Å². The zero-order valence-electron chi connectivity index (χ0n) is 16.5. The van der Waals surface area contributed by atoms with Crippen LogP contribution in [0.15, 0.2) is 109 Å². The summed E-state index contributed by atoms with van der Waals surface area (Å²) in [4.78, 5) is 12.7. The summed E-state index contributed by atoms with van der Waals surface area (Å²) < 4.78 is 0. The van der Waals surface area contributed by atoms with Gasteiger partial charge in [-0.25, -0.2) is 0 Å². The zero-order valence-corrected chi connectivity index (χ0v) is 16.5. The third-order valence-electron chi connectivity index (χ3n) is 5.52. The average molecular weight is 387 g/mol. The van der Waals surface area contributed by atoms with E-state index in [-0.39, 0.29) is 12.3 Å². The van der Waals surface area contributed by atoms with Gasteiger partial charge in [-0.05, 0) is 33.2 Å². The van der Waals surface area contributed by atoms with E-state index in [9.17, 15) is 4.79 Å². The minimum Gasteiger partial charge on any atom is -0.377 e. The summed E-state index contributed by atoms with van der Waals surface area (Å²) in [5, 5.41) is 8.18. The number of hydrogen-bond acceptors (Lipinski definition) is 2. The third kappa shape index (κ3) is 3.33. The molecule has 0 heterocycles. The van der Waals surface area contributed by atoms with Gasteiger partial charge in [0.15, 0.2) is 5.78 Å². The fourth-order valence-corrected chi connectivity index (χ4v) is 4.05. The van der Waals surface area contributed by atoms with Crippen LogP contribution in [-0.4, -0.2) is 12.3 Å². The Kier molecular flexibility index (Phi) is 4.74. The van der Waals surface area contributed by atoms with E-state index in [0.717, 1.165) is 16.8 Å². The van der Waals surface area contributed by atoms with Crippen LogP contribution in [0.5, 0.6) is 0 Å². The largest absolute Gasteiger partial charge is 0.377 e. The van der Waals surface area contributed by atoms with Gasteiger partial charge in [0.05, 0.1) is 6.54 Å². The number of benzene rings is 5. The van der Waals surface area contributed by atoms with E-state index in [0.29, 0.717) is 0 Å². The monoisotopic (exact) mass is 387 g/mol. The summed E-state index contributed by atoms with van der Waals surface area (Å²) in [7, 11) is 0. The van der Waals surface area contributed by atoms with Crippen LogP contribution in [0.1, 0.15) is 10.4 Å². The summed E-state index contributed by atoms with van der Waals surface area (Å²) in [5.74, 6) is 0.0765. The number of ketones is 1. The van der Waals surface area contributed by atoms with Crippen LogP contribution >= 0.6 is 0 Å². The summed E-state index contributed by atoms with van der Waals surface area (Å²) in [6, 6.07) is 36.8. The molecule has 2 heteroatoms. The van der Waals surface area contributed by atoms with Crippen LogP contribution in [0.3, 0.4) is 0 Å². The highest BCUT2D eigenvalue weighted by Crippen LogP contribution is 2.39. The van der Waals surface area contributed by atoms with Crippen molar-refractivity contribution < 1.29 is 4.79 Å². The van der Waals surface area contributed by atoms with Gasteiger partial charge in [0.2, 0.25) is 0 Å². The van der Waals surface area contributed by atoms with Crippen molar-refractivity contribution in [2.45, 2.75) is 0 Å². The summed E-state index contributed by atoms with van der Waals surface area (Å²) in [6.07, 6.45) is 0. The van der Waals surface area contributed by atoms with Crippen LogP contribution in [0.25, 0.3) is 32.7 Å². The van der Waals surface area contributed by atoms with Gasteiger partial charge >= 0.3 is 0 Å². The number of anilines is 1. The van der Waals surface area contributed by atoms with Crippen molar-refractivity contribution in [1.82, 2.24) is 0 Å². The summed E-state index contributed by atoms with van der Waals surface area (Å²) >= 11 is 0. The molecule has 0 radical (unpaired) electrons. The molecule has 0 aliphatic rings. The normalized spacial score (nSPS) is 10.9. The molecule has 5 aromatic carbocycles. The molecule has 144 valence electrons. The van der Waals surface area contributed by atoms with E-state index in [1.165, 1.54) is 27.1 Å². The number of rotatable bonds is 5. The molecule has 0 saturated heterocycles. The number of carbonyl (C=O) groups excluding carboxylic acids is 1. The standard InChI is InChI=1S/C28H21NO/c30-27(22-11-2-1-3-12-22)19-29-26-18-17-21-10-5-7-15-24(21)28(26)25-16-8-13-20-9-4-6-14-23(20)25/h1-18,29H,19H2. The predicted octanol–water partition coefficient (Wildman–Crippen LogP) is 6.95. The van der Waals surface area contributed by atoms with Gasteiger partial charge in [-0.2, -0.15) is 0 Å². The van der Waals surface area contributed by atoms with E-state index in [4.69, 9.17) is 0 Å². The van der Waals surface area contributed by atoms with Gasteiger partial charge in [0.25, 0.3) is 0 Å². The molecule has 5 aromatic rings. The predicted molar refractivity (Wildman–Crippen MR) is 126 cm³/mol. The second kappa shape index (κ2) is 7.84. The first-order valence-corrected chi connectivity index (χ1v) is 10.1. The van der Waals surface area contributed by atoms with Crippen LogP contribution in [-0.2, 0) is 0 Å². The zero-order chi connectivity index (χ0) is 20.3. The Labute approximate surface area is 175 Å². The number of nitrogens with one attached hydrogen (secondary N) is 1. The molecular weight excluding hydrogens is 366 g/mol. The van der Waals surface area contributed by atoms with Crippen LogP contribution in [0.2, 0.25) is 0 Å². The van der Waals surface area contributed by atoms with Crippen LogP contribution in [0.4, 0.5) is 5.69 Å². The highest BCUT2D eigenvalue weighted by molar-refractivity contribution is 6.10. The lowest BCUT2D eigenvalue weighted by Gasteiger charge is -2.17. The van der Waals surface area contributed by atoms with Crippen molar-refractivity contribution >= 4 is 33.0 Å². The maximum absolute atomic E-state index is 12.7. The molecule has 0 saturated carbocycles.